The predicted molar refractivity (Wildman–Crippen MR) is 139 cm³/mol. The molecule has 7 nitrogen and oxygen atoms in total. The molecule has 39 heavy (non-hydrogen) atoms. The van der Waals surface area contributed by atoms with E-state index in [2.05, 4.69) is 22.0 Å². The first-order chi connectivity index (χ1) is 18.8. The summed E-state index contributed by atoms with van der Waals surface area (Å²) in [7, 11) is 2.90. The normalized spacial score (nSPS) is 17.9. The van der Waals surface area contributed by atoms with Crippen LogP contribution >= 0.6 is 0 Å². The number of hydrogen-bond donors (Lipinski definition) is 1. The number of aromatic nitrogens is 1. The van der Waals surface area contributed by atoms with Crippen molar-refractivity contribution in [3.63, 3.8) is 0 Å². The molecule has 0 unspecified atom stereocenters. The minimum Gasteiger partial charge on any atom is -0.497 e. The molecule has 0 radical (unpaired) electrons. The second kappa shape index (κ2) is 12.6. The average Bonchev–Trinajstić information content (AvgIpc) is 2.95. The number of benzene rings is 2. The summed E-state index contributed by atoms with van der Waals surface area (Å²) in [5, 5.41) is 14.2. The molecule has 0 spiro atoms. The van der Waals surface area contributed by atoms with Crippen molar-refractivity contribution in [2.75, 3.05) is 33.9 Å². The number of piperidine rings is 1. The molecule has 0 bridgehead atoms. The first-order valence-corrected chi connectivity index (χ1v) is 12.4. The zero-order valence-corrected chi connectivity index (χ0v) is 21.6. The highest BCUT2D eigenvalue weighted by Gasteiger charge is 2.35. The van der Waals surface area contributed by atoms with Crippen LogP contribution in [0.2, 0.25) is 0 Å². The van der Waals surface area contributed by atoms with Crippen LogP contribution in [0.5, 0.6) is 5.75 Å². The van der Waals surface area contributed by atoms with Crippen LogP contribution in [-0.4, -0.2) is 60.6 Å². The van der Waals surface area contributed by atoms with Crippen molar-refractivity contribution in [3.8, 4) is 17.6 Å². The van der Waals surface area contributed by atoms with E-state index < -0.39 is 23.4 Å². The van der Waals surface area contributed by atoms with Gasteiger partial charge in [-0.3, -0.25) is 14.7 Å². The number of rotatable bonds is 7. The van der Waals surface area contributed by atoms with Gasteiger partial charge in [0.15, 0.2) is 11.6 Å². The molecule has 0 saturated carbocycles. The van der Waals surface area contributed by atoms with Crippen molar-refractivity contribution in [3.05, 3.63) is 71.2 Å². The van der Waals surface area contributed by atoms with Crippen LogP contribution in [0.4, 0.5) is 13.2 Å². The zero-order chi connectivity index (χ0) is 27.9. The Labute approximate surface area is 224 Å². The Morgan fingerprint density at radius 1 is 1.21 bits per heavy atom. The largest absolute Gasteiger partial charge is 0.497 e. The number of carbonyl (C=O) groups excluding carboxylic acids is 1. The summed E-state index contributed by atoms with van der Waals surface area (Å²) in [6.45, 7) is 1.15. The van der Waals surface area contributed by atoms with E-state index in [0.717, 1.165) is 22.5 Å². The summed E-state index contributed by atoms with van der Waals surface area (Å²) in [5.41, 5.74) is 1.57. The lowest BCUT2D eigenvalue weighted by Crippen LogP contribution is -2.44. The number of fused-ring (bicyclic) bond motifs is 1. The number of nitrogens with zero attached hydrogens (tertiary/aromatic N) is 3. The monoisotopic (exact) mass is 539 g/mol. The third kappa shape index (κ3) is 6.49. The summed E-state index contributed by atoms with van der Waals surface area (Å²) in [4.78, 5) is 18.9. The van der Waals surface area contributed by atoms with Crippen LogP contribution in [0, 0.1) is 41.1 Å². The van der Waals surface area contributed by atoms with E-state index in [1.165, 1.54) is 7.11 Å². The third-order valence-corrected chi connectivity index (χ3v) is 6.99. The van der Waals surface area contributed by atoms with Gasteiger partial charge < -0.3 is 14.7 Å². The summed E-state index contributed by atoms with van der Waals surface area (Å²) < 4.78 is 51.1. The lowest BCUT2D eigenvalue weighted by Gasteiger charge is -2.36. The van der Waals surface area contributed by atoms with Crippen molar-refractivity contribution < 1.29 is 32.6 Å². The van der Waals surface area contributed by atoms with E-state index in [4.69, 9.17) is 9.47 Å². The average molecular weight is 540 g/mol. The Hall–Kier alpha value is -4.10. The maximum Gasteiger partial charge on any atom is 0.310 e. The number of carbonyl (C=O) groups is 1. The summed E-state index contributed by atoms with van der Waals surface area (Å²) in [5.74, 6) is 1.62. The van der Waals surface area contributed by atoms with Gasteiger partial charge in [-0.2, -0.15) is 0 Å². The van der Waals surface area contributed by atoms with E-state index in [0.29, 0.717) is 49.9 Å². The molecule has 204 valence electrons. The molecule has 4 rings (SSSR count). The SMILES string of the molecule is COC(=O)[C@H]1CN(CC#Cc2cc(F)cc(F)c2F)CC[C@H]1CCC(=NO)c1ccnc2ccc(OC)cc12. The van der Waals surface area contributed by atoms with Crippen LogP contribution in [-0.2, 0) is 9.53 Å². The maximum absolute atomic E-state index is 13.9. The number of halogens is 3. The Bertz CT molecular complexity index is 1450. The van der Waals surface area contributed by atoms with Crippen molar-refractivity contribution >= 4 is 22.6 Å². The lowest BCUT2D eigenvalue weighted by atomic mass is 9.81. The fourth-order valence-corrected chi connectivity index (χ4v) is 4.93. The number of likely N-dealkylation sites (tertiary alicyclic amines) is 1. The van der Waals surface area contributed by atoms with Crippen molar-refractivity contribution in [1.29, 1.82) is 0 Å². The first kappa shape index (κ1) is 27.9. The van der Waals surface area contributed by atoms with Gasteiger partial charge in [0.2, 0.25) is 0 Å². The van der Waals surface area contributed by atoms with Crippen molar-refractivity contribution in [2.45, 2.75) is 19.3 Å². The molecule has 1 aliphatic heterocycles. The highest BCUT2D eigenvalue weighted by Crippen LogP contribution is 2.31. The zero-order valence-electron chi connectivity index (χ0n) is 21.6. The molecule has 2 heterocycles. The Balaban J connectivity index is 1.45. The quantitative estimate of drug-likeness (QED) is 0.116. The van der Waals surface area contributed by atoms with Crippen molar-refractivity contribution in [2.24, 2.45) is 17.0 Å². The summed E-state index contributed by atoms with van der Waals surface area (Å²) in [6, 6.07) is 8.57. The molecular formula is C29H28F3N3O4. The van der Waals surface area contributed by atoms with E-state index in [9.17, 15) is 23.2 Å². The molecule has 10 heteroatoms. The van der Waals surface area contributed by atoms with E-state index >= 15 is 0 Å². The number of oxime groups is 1. The fourth-order valence-electron chi connectivity index (χ4n) is 4.93. The van der Waals surface area contributed by atoms with Crippen molar-refractivity contribution in [1.82, 2.24) is 9.88 Å². The molecule has 1 aliphatic rings. The smallest absolute Gasteiger partial charge is 0.310 e. The van der Waals surface area contributed by atoms with Crippen LogP contribution in [0.25, 0.3) is 10.9 Å². The summed E-state index contributed by atoms with van der Waals surface area (Å²) in [6.07, 6.45) is 3.28. The van der Waals surface area contributed by atoms with Gasteiger partial charge in [-0.15, -0.1) is 0 Å². The number of hydrogen-bond acceptors (Lipinski definition) is 7. The van der Waals surface area contributed by atoms with Crippen LogP contribution in [0.3, 0.4) is 0 Å². The van der Waals surface area contributed by atoms with Gasteiger partial charge in [0, 0.05) is 29.8 Å². The van der Waals surface area contributed by atoms with Gasteiger partial charge in [-0.25, -0.2) is 13.2 Å². The number of pyridine rings is 1. The molecule has 0 aliphatic carbocycles. The highest BCUT2D eigenvalue weighted by atomic mass is 19.2. The molecular weight excluding hydrogens is 511 g/mol. The first-order valence-electron chi connectivity index (χ1n) is 12.4. The molecule has 2 atom stereocenters. The highest BCUT2D eigenvalue weighted by molar-refractivity contribution is 6.10. The van der Waals surface area contributed by atoms with Crippen LogP contribution < -0.4 is 4.74 Å². The van der Waals surface area contributed by atoms with Crippen LogP contribution in [0.1, 0.15) is 30.4 Å². The van der Waals surface area contributed by atoms with Gasteiger partial charge in [0.25, 0.3) is 0 Å². The predicted octanol–water partition coefficient (Wildman–Crippen LogP) is 4.78. The molecule has 1 N–H and O–H groups in total. The molecule has 1 aromatic heterocycles. The van der Waals surface area contributed by atoms with E-state index in [-0.39, 0.29) is 24.0 Å². The van der Waals surface area contributed by atoms with Gasteiger partial charge >= 0.3 is 5.97 Å². The Morgan fingerprint density at radius 3 is 2.77 bits per heavy atom. The minimum absolute atomic E-state index is 0.0455. The Kier molecular flexibility index (Phi) is 9.04. The Morgan fingerprint density at radius 2 is 2.03 bits per heavy atom. The molecule has 2 aromatic carbocycles. The van der Waals surface area contributed by atoms with Gasteiger partial charge in [0.1, 0.15) is 11.6 Å². The third-order valence-electron chi connectivity index (χ3n) is 6.99. The van der Waals surface area contributed by atoms with Gasteiger partial charge in [0.05, 0.1) is 43.5 Å². The molecule has 0 amide bonds. The minimum atomic E-state index is -1.30. The second-order valence-corrected chi connectivity index (χ2v) is 9.29. The van der Waals surface area contributed by atoms with Gasteiger partial charge in [-0.05, 0) is 62.1 Å². The van der Waals surface area contributed by atoms with E-state index in [1.807, 2.05) is 17.0 Å². The summed E-state index contributed by atoms with van der Waals surface area (Å²) >= 11 is 0. The fraction of sp³-hybridized carbons (Fsp3) is 0.345. The van der Waals surface area contributed by atoms with E-state index in [1.54, 1.807) is 25.4 Å². The molecule has 1 fully saturated rings. The van der Waals surface area contributed by atoms with Crippen LogP contribution in [0.15, 0.2) is 47.8 Å². The lowest BCUT2D eigenvalue weighted by molar-refractivity contribution is -0.149. The molecule has 1 saturated heterocycles. The topological polar surface area (TPSA) is 84.2 Å². The number of methoxy groups -OCH3 is 2. The molecule has 3 aromatic rings. The number of esters is 1. The standard InChI is InChI=1S/C29H28F3N3O4/c1-38-21-6-8-26-23(16-21)22(9-11-33-26)27(34-37)7-5-18-10-13-35(17-24(18)29(36)39-2)12-3-4-19-14-20(30)15-25(31)28(19)32/h6,8-9,11,14-16,18,24,37H,5,7,10,12-13,17H2,1-2H3/t18-,24+/m1/s1. The van der Waals surface area contributed by atoms with Gasteiger partial charge in [-0.1, -0.05) is 17.0 Å². The maximum atomic E-state index is 13.9. The number of ether oxygens (including phenoxy) is 2. The second-order valence-electron chi connectivity index (χ2n) is 9.29.